The molecule has 1 aromatic heterocycles. The van der Waals surface area contributed by atoms with Gasteiger partial charge in [0, 0.05) is 31.9 Å². The van der Waals surface area contributed by atoms with Gasteiger partial charge in [0.2, 0.25) is 0 Å². The maximum atomic E-state index is 4.40. The fourth-order valence-electron chi connectivity index (χ4n) is 2.23. The molecule has 1 N–H and O–H groups in total. The van der Waals surface area contributed by atoms with Gasteiger partial charge in [0.25, 0.3) is 0 Å². The molecule has 0 aliphatic carbocycles. The van der Waals surface area contributed by atoms with E-state index in [1.54, 1.807) is 0 Å². The van der Waals surface area contributed by atoms with Crippen molar-refractivity contribution in [1.29, 1.82) is 0 Å². The minimum Gasteiger partial charge on any atom is -0.315 e. The van der Waals surface area contributed by atoms with Crippen molar-refractivity contribution >= 4 is 0 Å². The number of hydrogen-bond acceptors (Lipinski definition) is 3. The minimum atomic E-state index is 0.590. The predicted molar refractivity (Wildman–Crippen MR) is 66.1 cm³/mol. The SMILES string of the molecule is CC1CNCC(C)N(Cc2ccccn2)C1. The molecule has 2 rings (SSSR count). The lowest BCUT2D eigenvalue weighted by Gasteiger charge is -2.27. The average Bonchev–Trinajstić information content (AvgIpc) is 2.43. The van der Waals surface area contributed by atoms with Gasteiger partial charge in [0.15, 0.2) is 0 Å². The average molecular weight is 219 g/mol. The lowest BCUT2D eigenvalue weighted by atomic mass is 10.1. The molecule has 16 heavy (non-hydrogen) atoms. The summed E-state index contributed by atoms with van der Waals surface area (Å²) >= 11 is 0. The highest BCUT2D eigenvalue weighted by Crippen LogP contribution is 2.11. The van der Waals surface area contributed by atoms with Crippen molar-refractivity contribution in [1.82, 2.24) is 15.2 Å². The number of hydrogen-bond donors (Lipinski definition) is 1. The second-order valence-corrected chi connectivity index (χ2v) is 4.86. The van der Waals surface area contributed by atoms with E-state index in [9.17, 15) is 0 Å². The third-order valence-electron chi connectivity index (χ3n) is 3.19. The van der Waals surface area contributed by atoms with E-state index in [2.05, 4.69) is 41.2 Å². The molecule has 2 atom stereocenters. The van der Waals surface area contributed by atoms with Crippen LogP contribution in [0.1, 0.15) is 19.5 Å². The standard InChI is InChI=1S/C13H21N3/c1-11-7-14-8-12(2)16(9-11)10-13-5-3-4-6-15-13/h3-6,11-12,14H,7-10H2,1-2H3. The monoisotopic (exact) mass is 219 g/mol. The van der Waals surface area contributed by atoms with E-state index < -0.39 is 0 Å². The lowest BCUT2D eigenvalue weighted by molar-refractivity contribution is 0.193. The van der Waals surface area contributed by atoms with Crippen LogP contribution in [0.2, 0.25) is 0 Å². The Balaban J connectivity index is 2.01. The summed E-state index contributed by atoms with van der Waals surface area (Å²) < 4.78 is 0. The van der Waals surface area contributed by atoms with Gasteiger partial charge in [0.1, 0.15) is 0 Å². The Kier molecular flexibility index (Phi) is 3.91. The molecule has 1 fully saturated rings. The Morgan fingerprint density at radius 1 is 1.38 bits per heavy atom. The molecule has 0 amide bonds. The maximum absolute atomic E-state index is 4.40. The van der Waals surface area contributed by atoms with E-state index in [1.807, 2.05) is 12.3 Å². The highest BCUT2D eigenvalue weighted by molar-refractivity contribution is 5.03. The van der Waals surface area contributed by atoms with Gasteiger partial charge in [-0.05, 0) is 31.5 Å². The van der Waals surface area contributed by atoms with Crippen molar-refractivity contribution in [3.8, 4) is 0 Å². The summed E-state index contributed by atoms with van der Waals surface area (Å²) in [6.07, 6.45) is 1.87. The van der Waals surface area contributed by atoms with Crippen LogP contribution >= 0.6 is 0 Å². The molecule has 0 radical (unpaired) electrons. The highest BCUT2D eigenvalue weighted by atomic mass is 15.2. The van der Waals surface area contributed by atoms with E-state index in [0.29, 0.717) is 12.0 Å². The largest absolute Gasteiger partial charge is 0.315 e. The van der Waals surface area contributed by atoms with Crippen LogP contribution in [0.15, 0.2) is 24.4 Å². The van der Waals surface area contributed by atoms with Crippen LogP contribution < -0.4 is 5.32 Å². The van der Waals surface area contributed by atoms with E-state index in [-0.39, 0.29) is 0 Å². The first-order chi connectivity index (χ1) is 7.75. The van der Waals surface area contributed by atoms with Gasteiger partial charge in [-0.2, -0.15) is 0 Å². The van der Waals surface area contributed by atoms with E-state index in [0.717, 1.165) is 26.2 Å². The van der Waals surface area contributed by atoms with Gasteiger partial charge in [-0.25, -0.2) is 0 Å². The molecule has 0 spiro atoms. The second-order valence-electron chi connectivity index (χ2n) is 4.86. The van der Waals surface area contributed by atoms with Gasteiger partial charge < -0.3 is 5.32 Å². The third-order valence-corrected chi connectivity index (χ3v) is 3.19. The van der Waals surface area contributed by atoms with Gasteiger partial charge in [-0.3, -0.25) is 9.88 Å². The molecule has 1 aliphatic rings. The zero-order valence-corrected chi connectivity index (χ0v) is 10.2. The van der Waals surface area contributed by atoms with Gasteiger partial charge in [0.05, 0.1) is 5.69 Å². The molecule has 2 unspecified atom stereocenters. The maximum Gasteiger partial charge on any atom is 0.0544 e. The molecule has 88 valence electrons. The normalized spacial score (nSPS) is 27.6. The number of rotatable bonds is 2. The van der Waals surface area contributed by atoms with Gasteiger partial charge in [-0.15, -0.1) is 0 Å². The zero-order valence-electron chi connectivity index (χ0n) is 10.2. The molecule has 1 saturated heterocycles. The van der Waals surface area contributed by atoms with Crippen LogP contribution in [-0.2, 0) is 6.54 Å². The van der Waals surface area contributed by atoms with Crippen LogP contribution in [0.25, 0.3) is 0 Å². The number of pyridine rings is 1. The van der Waals surface area contributed by atoms with Crippen molar-refractivity contribution in [2.24, 2.45) is 5.92 Å². The molecule has 0 saturated carbocycles. The Bertz CT molecular complexity index is 312. The van der Waals surface area contributed by atoms with Crippen molar-refractivity contribution in [3.05, 3.63) is 30.1 Å². The molecule has 0 bridgehead atoms. The summed E-state index contributed by atoms with van der Waals surface area (Å²) in [4.78, 5) is 6.92. The second kappa shape index (κ2) is 5.41. The van der Waals surface area contributed by atoms with E-state index >= 15 is 0 Å². The quantitative estimate of drug-likeness (QED) is 0.817. The van der Waals surface area contributed by atoms with Crippen molar-refractivity contribution in [2.45, 2.75) is 26.4 Å². The third kappa shape index (κ3) is 3.03. The Morgan fingerprint density at radius 2 is 2.25 bits per heavy atom. The fourth-order valence-corrected chi connectivity index (χ4v) is 2.23. The van der Waals surface area contributed by atoms with Crippen LogP contribution in [0.3, 0.4) is 0 Å². The molecule has 2 heterocycles. The Labute approximate surface area is 97.9 Å². The molecule has 3 heteroatoms. The lowest BCUT2D eigenvalue weighted by Crippen LogP contribution is -2.37. The highest BCUT2D eigenvalue weighted by Gasteiger charge is 2.20. The number of nitrogens with one attached hydrogen (secondary N) is 1. The van der Waals surface area contributed by atoms with Gasteiger partial charge in [-0.1, -0.05) is 13.0 Å². The molecular formula is C13H21N3. The summed E-state index contributed by atoms with van der Waals surface area (Å²) in [6, 6.07) is 6.73. The Morgan fingerprint density at radius 3 is 3.00 bits per heavy atom. The number of aromatic nitrogens is 1. The topological polar surface area (TPSA) is 28.2 Å². The van der Waals surface area contributed by atoms with Crippen LogP contribution in [0, 0.1) is 5.92 Å². The van der Waals surface area contributed by atoms with Crippen LogP contribution in [-0.4, -0.2) is 35.6 Å². The first-order valence-corrected chi connectivity index (χ1v) is 6.10. The van der Waals surface area contributed by atoms with Crippen molar-refractivity contribution in [2.75, 3.05) is 19.6 Å². The summed E-state index contributed by atoms with van der Waals surface area (Å²) in [5.74, 6) is 0.716. The summed E-state index contributed by atoms with van der Waals surface area (Å²) in [5, 5.41) is 3.50. The number of nitrogens with zero attached hydrogens (tertiary/aromatic N) is 2. The first kappa shape index (κ1) is 11.6. The Hall–Kier alpha value is -0.930. The molecule has 0 aromatic carbocycles. The molecule has 3 nitrogen and oxygen atoms in total. The van der Waals surface area contributed by atoms with Crippen molar-refractivity contribution < 1.29 is 0 Å². The summed E-state index contributed by atoms with van der Waals surface area (Å²) in [6.45, 7) is 8.92. The summed E-state index contributed by atoms with van der Waals surface area (Å²) in [7, 11) is 0. The molecule has 1 aromatic rings. The first-order valence-electron chi connectivity index (χ1n) is 6.10. The molecular weight excluding hydrogens is 198 g/mol. The van der Waals surface area contributed by atoms with E-state index in [4.69, 9.17) is 0 Å². The van der Waals surface area contributed by atoms with Crippen molar-refractivity contribution in [3.63, 3.8) is 0 Å². The predicted octanol–water partition coefficient (Wildman–Crippen LogP) is 1.51. The fraction of sp³-hybridized carbons (Fsp3) is 0.615. The van der Waals surface area contributed by atoms with Crippen LogP contribution in [0.4, 0.5) is 0 Å². The smallest absolute Gasteiger partial charge is 0.0544 e. The summed E-state index contributed by atoms with van der Waals surface area (Å²) in [5.41, 5.74) is 1.17. The minimum absolute atomic E-state index is 0.590. The zero-order chi connectivity index (χ0) is 11.4. The van der Waals surface area contributed by atoms with E-state index in [1.165, 1.54) is 5.69 Å². The van der Waals surface area contributed by atoms with Crippen LogP contribution in [0.5, 0.6) is 0 Å². The molecule has 1 aliphatic heterocycles. The van der Waals surface area contributed by atoms with Gasteiger partial charge >= 0.3 is 0 Å².